The van der Waals surface area contributed by atoms with E-state index in [0.29, 0.717) is 24.6 Å². The number of rotatable bonds is 6. The average molecular weight is 534 g/mol. The summed E-state index contributed by atoms with van der Waals surface area (Å²) in [5.74, 6) is 2.49. The number of oxazole rings is 1. The summed E-state index contributed by atoms with van der Waals surface area (Å²) in [5, 5.41) is 3.40. The molecule has 30 heavy (non-hydrogen) atoms. The third-order valence-corrected chi connectivity index (χ3v) is 5.53. The number of nitrogens with zero attached hydrogens (tertiary/aromatic N) is 3. The summed E-state index contributed by atoms with van der Waals surface area (Å²) in [7, 11) is 0. The minimum absolute atomic E-state index is 0. The second-order valence-corrected chi connectivity index (χ2v) is 9.05. The molecule has 0 radical (unpaired) electrons. The number of halogens is 1. The van der Waals surface area contributed by atoms with Crippen molar-refractivity contribution in [2.24, 2.45) is 4.99 Å². The fourth-order valence-corrected chi connectivity index (χ4v) is 3.71. The highest BCUT2D eigenvalue weighted by atomic mass is 127. The Hall–Kier alpha value is -0.870. The van der Waals surface area contributed by atoms with E-state index in [4.69, 9.17) is 18.9 Å². The van der Waals surface area contributed by atoms with Crippen LogP contribution in [-0.4, -0.2) is 60.9 Å². The van der Waals surface area contributed by atoms with Gasteiger partial charge in [-0.1, -0.05) is 20.8 Å². The standard InChI is InChI=1S/C22H38N4O3.HI/c1-5-23-21(25-15-20-24-14-19(29-20)22(2,3)4)26-11-9-17(10-12-26)28-16-18-8-6-7-13-27-18;/h14,17-18H,5-13,15-16H2,1-4H3,(H,23,25);1H. The van der Waals surface area contributed by atoms with Crippen molar-refractivity contribution in [2.75, 3.05) is 32.8 Å². The maximum atomic E-state index is 6.14. The van der Waals surface area contributed by atoms with E-state index in [9.17, 15) is 0 Å². The second-order valence-electron chi connectivity index (χ2n) is 9.05. The third-order valence-electron chi connectivity index (χ3n) is 5.53. The molecule has 1 aromatic rings. The molecule has 0 aliphatic carbocycles. The monoisotopic (exact) mass is 534 g/mol. The molecule has 2 fully saturated rings. The summed E-state index contributed by atoms with van der Waals surface area (Å²) in [6, 6.07) is 0. The van der Waals surface area contributed by atoms with E-state index in [0.717, 1.165) is 63.8 Å². The molecular weight excluding hydrogens is 495 g/mol. The van der Waals surface area contributed by atoms with Crippen molar-refractivity contribution >= 4 is 29.9 Å². The molecule has 2 aliphatic rings. The van der Waals surface area contributed by atoms with Gasteiger partial charge in [-0.15, -0.1) is 24.0 Å². The highest BCUT2D eigenvalue weighted by Crippen LogP contribution is 2.23. The van der Waals surface area contributed by atoms with E-state index >= 15 is 0 Å². The first kappa shape index (κ1) is 25.4. The molecule has 0 saturated carbocycles. The van der Waals surface area contributed by atoms with Crippen LogP contribution in [-0.2, 0) is 21.4 Å². The maximum absolute atomic E-state index is 6.14. The van der Waals surface area contributed by atoms with Gasteiger partial charge in [0.2, 0.25) is 5.89 Å². The van der Waals surface area contributed by atoms with E-state index in [1.807, 2.05) is 6.20 Å². The quantitative estimate of drug-likeness (QED) is 0.337. The van der Waals surface area contributed by atoms with Gasteiger partial charge in [0.25, 0.3) is 0 Å². The zero-order chi connectivity index (χ0) is 20.7. The molecule has 8 heteroatoms. The van der Waals surface area contributed by atoms with Gasteiger partial charge >= 0.3 is 0 Å². The zero-order valence-electron chi connectivity index (χ0n) is 19.0. The lowest BCUT2D eigenvalue weighted by Crippen LogP contribution is -2.47. The number of hydrogen-bond donors (Lipinski definition) is 1. The number of nitrogens with one attached hydrogen (secondary N) is 1. The fraction of sp³-hybridized carbons (Fsp3) is 0.818. The SMILES string of the molecule is CCNC(=NCc1ncc(C(C)(C)C)o1)N1CCC(OCC2CCCCO2)CC1.I. The molecule has 0 bridgehead atoms. The topological polar surface area (TPSA) is 72.1 Å². The Morgan fingerprint density at radius 2 is 2.03 bits per heavy atom. The van der Waals surface area contributed by atoms with Gasteiger partial charge in [0.05, 0.1) is 25.0 Å². The first-order valence-corrected chi connectivity index (χ1v) is 11.2. The third kappa shape index (κ3) is 7.67. The van der Waals surface area contributed by atoms with Crippen molar-refractivity contribution in [3.63, 3.8) is 0 Å². The van der Waals surface area contributed by atoms with Crippen LogP contribution in [0.4, 0.5) is 0 Å². The summed E-state index contributed by atoms with van der Waals surface area (Å²) in [5.41, 5.74) is -0.0377. The molecule has 0 spiro atoms. The van der Waals surface area contributed by atoms with Crippen LogP contribution in [0.3, 0.4) is 0 Å². The Labute approximate surface area is 198 Å². The molecular formula is C22H39IN4O3. The summed E-state index contributed by atoms with van der Waals surface area (Å²) in [6.07, 6.45) is 8.04. The van der Waals surface area contributed by atoms with Crippen molar-refractivity contribution < 1.29 is 13.9 Å². The van der Waals surface area contributed by atoms with E-state index in [1.54, 1.807) is 0 Å². The van der Waals surface area contributed by atoms with Gasteiger partial charge in [-0.3, -0.25) is 0 Å². The van der Waals surface area contributed by atoms with Crippen molar-refractivity contribution in [3.05, 3.63) is 17.8 Å². The van der Waals surface area contributed by atoms with Gasteiger partial charge < -0.3 is 24.1 Å². The number of guanidine groups is 1. The molecule has 3 heterocycles. The van der Waals surface area contributed by atoms with Gasteiger partial charge in [-0.2, -0.15) is 0 Å². The Morgan fingerprint density at radius 1 is 1.27 bits per heavy atom. The minimum atomic E-state index is -0.0377. The molecule has 2 aliphatic heterocycles. The van der Waals surface area contributed by atoms with Gasteiger partial charge in [-0.25, -0.2) is 9.98 Å². The predicted octanol–water partition coefficient (Wildman–Crippen LogP) is 4.11. The van der Waals surface area contributed by atoms with Crippen LogP contribution in [0.25, 0.3) is 0 Å². The van der Waals surface area contributed by atoms with Gasteiger partial charge in [-0.05, 0) is 39.0 Å². The van der Waals surface area contributed by atoms with E-state index < -0.39 is 0 Å². The lowest BCUT2D eigenvalue weighted by atomic mass is 9.94. The largest absolute Gasteiger partial charge is 0.443 e. The van der Waals surface area contributed by atoms with Crippen molar-refractivity contribution in [2.45, 2.75) is 84.0 Å². The fourth-order valence-electron chi connectivity index (χ4n) is 3.71. The van der Waals surface area contributed by atoms with Crippen molar-refractivity contribution in [1.29, 1.82) is 0 Å². The molecule has 0 aromatic carbocycles. The maximum Gasteiger partial charge on any atom is 0.216 e. The van der Waals surface area contributed by atoms with Crippen LogP contribution < -0.4 is 5.32 Å². The number of ether oxygens (including phenoxy) is 2. The lowest BCUT2D eigenvalue weighted by Gasteiger charge is -2.35. The number of aromatic nitrogens is 1. The molecule has 1 atom stereocenters. The van der Waals surface area contributed by atoms with E-state index in [1.165, 1.54) is 12.8 Å². The molecule has 2 saturated heterocycles. The summed E-state index contributed by atoms with van der Waals surface area (Å²) in [4.78, 5) is 11.5. The van der Waals surface area contributed by atoms with Gasteiger partial charge in [0, 0.05) is 31.7 Å². The predicted molar refractivity (Wildman–Crippen MR) is 130 cm³/mol. The summed E-state index contributed by atoms with van der Waals surface area (Å²) in [6.45, 7) is 13.3. The second kappa shape index (κ2) is 12.2. The molecule has 1 N–H and O–H groups in total. The average Bonchev–Trinajstić information content (AvgIpc) is 3.20. The number of aliphatic imine (C=N–C) groups is 1. The van der Waals surface area contributed by atoms with Crippen LogP contribution in [0.15, 0.2) is 15.6 Å². The Bertz CT molecular complexity index is 645. The number of piperidine rings is 1. The van der Waals surface area contributed by atoms with Crippen LogP contribution in [0.2, 0.25) is 0 Å². The highest BCUT2D eigenvalue weighted by Gasteiger charge is 2.24. The highest BCUT2D eigenvalue weighted by molar-refractivity contribution is 14.0. The Kier molecular flexibility index (Phi) is 10.4. The molecule has 1 unspecified atom stereocenters. The van der Waals surface area contributed by atoms with Gasteiger partial charge in [0.15, 0.2) is 5.96 Å². The zero-order valence-corrected chi connectivity index (χ0v) is 21.3. The minimum Gasteiger partial charge on any atom is -0.443 e. The summed E-state index contributed by atoms with van der Waals surface area (Å²) >= 11 is 0. The Morgan fingerprint density at radius 3 is 2.63 bits per heavy atom. The number of likely N-dealkylation sites (tertiary alicyclic amines) is 1. The van der Waals surface area contributed by atoms with Crippen LogP contribution >= 0.6 is 24.0 Å². The van der Waals surface area contributed by atoms with Gasteiger partial charge in [0.1, 0.15) is 12.3 Å². The van der Waals surface area contributed by atoms with Crippen molar-refractivity contribution in [1.82, 2.24) is 15.2 Å². The lowest BCUT2D eigenvalue weighted by molar-refractivity contribution is -0.0721. The Balaban J connectivity index is 0.00000320. The van der Waals surface area contributed by atoms with Crippen LogP contribution in [0, 0.1) is 0 Å². The van der Waals surface area contributed by atoms with Crippen LogP contribution in [0.1, 0.15) is 71.5 Å². The summed E-state index contributed by atoms with van der Waals surface area (Å²) < 4.78 is 17.8. The first-order valence-electron chi connectivity index (χ1n) is 11.2. The molecule has 172 valence electrons. The van der Waals surface area contributed by atoms with E-state index in [-0.39, 0.29) is 29.4 Å². The van der Waals surface area contributed by atoms with Crippen LogP contribution in [0.5, 0.6) is 0 Å². The number of hydrogen-bond acceptors (Lipinski definition) is 5. The molecule has 0 amide bonds. The molecule has 1 aromatic heterocycles. The normalized spacial score (nSPS) is 21.4. The smallest absolute Gasteiger partial charge is 0.216 e. The molecule has 3 rings (SSSR count). The molecule has 7 nitrogen and oxygen atoms in total. The van der Waals surface area contributed by atoms with Crippen molar-refractivity contribution in [3.8, 4) is 0 Å². The van der Waals surface area contributed by atoms with E-state index in [2.05, 4.69) is 42.9 Å². The first-order chi connectivity index (χ1) is 14.0.